The Balaban J connectivity index is 1.69. The summed E-state index contributed by atoms with van der Waals surface area (Å²) in [5, 5.41) is 3.27. The van der Waals surface area contributed by atoms with Crippen LogP contribution in [0, 0.1) is 0 Å². The van der Waals surface area contributed by atoms with Gasteiger partial charge in [0.25, 0.3) is 5.91 Å². The van der Waals surface area contributed by atoms with Gasteiger partial charge in [-0.15, -0.1) is 0 Å². The average molecular weight is 412 g/mol. The van der Waals surface area contributed by atoms with Crippen LogP contribution >= 0.6 is 11.6 Å². The molecule has 1 amide bonds. The summed E-state index contributed by atoms with van der Waals surface area (Å²) < 4.78 is 16.5. The van der Waals surface area contributed by atoms with Crippen molar-refractivity contribution in [3.8, 4) is 11.5 Å². The van der Waals surface area contributed by atoms with Gasteiger partial charge in [0.2, 0.25) is 0 Å². The van der Waals surface area contributed by atoms with Crippen molar-refractivity contribution in [3.05, 3.63) is 88.9 Å². The highest BCUT2D eigenvalue weighted by molar-refractivity contribution is 6.32. The van der Waals surface area contributed by atoms with Crippen molar-refractivity contribution >= 4 is 23.2 Å². The number of anilines is 1. The third-order valence-corrected chi connectivity index (χ3v) is 4.39. The third-order valence-electron chi connectivity index (χ3n) is 4.09. The number of hydrogen-bond acceptors (Lipinski definition) is 4. The van der Waals surface area contributed by atoms with E-state index in [-0.39, 0.29) is 5.91 Å². The van der Waals surface area contributed by atoms with E-state index in [1.165, 1.54) is 0 Å². The molecule has 0 saturated heterocycles. The van der Waals surface area contributed by atoms with Crippen molar-refractivity contribution in [2.75, 3.05) is 25.6 Å². The van der Waals surface area contributed by atoms with Crippen LogP contribution in [0.1, 0.15) is 15.9 Å². The van der Waals surface area contributed by atoms with E-state index in [0.717, 1.165) is 5.56 Å². The number of rotatable bonds is 9. The summed E-state index contributed by atoms with van der Waals surface area (Å²) in [6.07, 6.45) is 0. The third kappa shape index (κ3) is 5.98. The van der Waals surface area contributed by atoms with Crippen molar-refractivity contribution < 1.29 is 19.0 Å². The lowest BCUT2D eigenvalue weighted by atomic mass is 10.2. The van der Waals surface area contributed by atoms with E-state index in [9.17, 15) is 4.79 Å². The maximum absolute atomic E-state index is 12.7. The first-order valence-corrected chi connectivity index (χ1v) is 9.53. The van der Waals surface area contributed by atoms with Crippen molar-refractivity contribution in [2.45, 2.75) is 6.61 Å². The number of nitrogens with one attached hydrogen (secondary N) is 1. The van der Waals surface area contributed by atoms with Gasteiger partial charge in [-0.2, -0.15) is 0 Å². The molecule has 0 spiro atoms. The molecule has 0 heterocycles. The van der Waals surface area contributed by atoms with Crippen LogP contribution in [-0.4, -0.2) is 26.2 Å². The molecule has 0 aromatic heterocycles. The molecule has 0 aliphatic carbocycles. The van der Waals surface area contributed by atoms with Crippen LogP contribution in [-0.2, 0) is 11.3 Å². The molecule has 29 heavy (non-hydrogen) atoms. The summed E-state index contributed by atoms with van der Waals surface area (Å²) >= 11 is 6.23. The molecule has 5 nitrogen and oxygen atoms in total. The van der Waals surface area contributed by atoms with Gasteiger partial charge in [0.1, 0.15) is 19.0 Å². The molecule has 0 bridgehead atoms. The fourth-order valence-corrected chi connectivity index (χ4v) is 2.87. The predicted octanol–water partition coefficient (Wildman–Crippen LogP) is 5.20. The molecular weight excluding hydrogens is 390 g/mol. The molecular formula is C23H22ClNO4. The standard InChI is InChI=1S/C23H22ClNO4/c1-27-13-14-28-22-20(24)11-6-12-21(22)25-23(26)18-9-5-10-19(15-18)29-16-17-7-3-2-4-8-17/h2-12,15H,13-14,16H2,1H3,(H,25,26). The number of para-hydroxylation sites is 1. The van der Waals surface area contributed by atoms with Crippen molar-refractivity contribution in [2.24, 2.45) is 0 Å². The van der Waals surface area contributed by atoms with Gasteiger partial charge in [0, 0.05) is 12.7 Å². The van der Waals surface area contributed by atoms with Crippen molar-refractivity contribution in [1.29, 1.82) is 0 Å². The molecule has 0 saturated carbocycles. The topological polar surface area (TPSA) is 56.8 Å². The summed E-state index contributed by atoms with van der Waals surface area (Å²) in [5.41, 5.74) is 2.02. The number of amides is 1. The first kappa shape index (κ1) is 20.7. The fraction of sp³-hybridized carbons (Fsp3) is 0.174. The molecule has 6 heteroatoms. The van der Waals surface area contributed by atoms with E-state index in [1.807, 2.05) is 36.4 Å². The van der Waals surface area contributed by atoms with Gasteiger partial charge in [-0.05, 0) is 35.9 Å². The molecule has 0 atom stereocenters. The van der Waals surface area contributed by atoms with Gasteiger partial charge in [-0.25, -0.2) is 0 Å². The molecule has 0 radical (unpaired) electrons. The minimum absolute atomic E-state index is 0.283. The summed E-state index contributed by atoms with van der Waals surface area (Å²) in [4.78, 5) is 12.7. The molecule has 1 N–H and O–H groups in total. The van der Waals surface area contributed by atoms with Gasteiger partial charge >= 0.3 is 0 Å². The Kier molecular flexibility index (Phi) is 7.50. The van der Waals surface area contributed by atoms with Crippen LogP contribution in [0.4, 0.5) is 5.69 Å². The number of carbonyl (C=O) groups is 1. The van der Waals surface area contributed by atoms with Crippen LogP contribution < -0.4 is 14.8 Å². The maximum atomic E-state index is 12.7. The minimum atomic E-state index is -0.283. The second-order valence-electron chi connectivity index (χ2n) is 6.21. The van der Waals surface area contributed by atoms with Crippen LogP contribution in [0.2, 0.25) is 5.02 Å². The lowest BCUT2D eigenvalue weighted by Crippen LogP contribution is -2.14. The van der Waals surface area contributed by atoms with Gasteiger partial charge in [-0.1, -0.05) is 54.1 Å². The molecule has 3 aromatic rings. The normalized spacial score (nSPS) is 10.4. The summed E-state index contributed by atoms with van der Waals surface area (Å²) in [6.45, 7) is 1.17. The van der Waals surface area contributed by atoms with E-state index >= 15 is 0 Å². The smallest absolute Gasteiger partial charge is 0.255 e. The second kappa shape index (κ2) is 10.5. The lowest BCUT2D eigenvalue weighted by Gasteiger charge is -2.14. The molecule has 0 aliphatic rings. The molecule has 3 aromatic carbocycles. The zero-order valence-electron chi connectivity index (χ0n) is 16.1. The van der Waals surface area contributed by atoms with E-state index in [4.69, 9.17) is 25.8 Å². The van der Waals surface area contributed by atoms with Gasteiger partial charge < -0.3 is 19.5 Å². The second-order valence-corrected chi connectivity index (χ2v) is 6.62. The van der Waals surface area contributed by atoms with Gasteiger partial charge in [0.05, 0.1) is 17.3 Å². The fourth-order valence-electron chi connectivity index (χ4n) is 2.64. The van der Waals surface area contributed by atoms with Gasteiger partial charge in [0.15, 0.2) is 5.75 Å². The van der Waals surface area contributed by atoms with Crippen molar-refractivity contribution in [1.82, 2.24) is 0 Å². The highest BCUT2D eigenvalue weighted by atomic mass is 35.5. The first-order valence-electron chi connectivity index (χ1n) is 9.16. The number of methoxy groups -OCH3 is 1. The lowest BCUT2D eigenvalue weighted by molar-refractivity contribution is 0.102. The van der Waals surface area contributed by atoms with Crippen LogP contribution in [0.5, 0.6) is 11.5 Å². The molecule has 150 valence electrons. The quantitative estimate of drug-likeness (QED) is 0.492. The first-order chi connectivity index (χ1) is 14.2. The Morgan fingerprint density at radius 2 is 1.72 bits per heavy atom. The predicted molar refractivity (Wildman–Crippen MR) is 114 cm³/mol. The molecule has 0 unspecified atom stereocenters. The largest absolute Gasteiger partial charge is 0.489 e. The van der Waals surface area contributed by atoms with E-state index in [2.05, 4.69) is 5.32 Å². The number of hydrogen-bond donors (Lipinski definition) is 1. The van der Waals surface area contributed by atoms with E-state index in [1.54, 1.807) is 43.5 Å². The minimum Gasteiger partial charge on any atom is -0.489 e. The summed E-state index contributed by atoms with van der Waals surface area (Å²) in [6, 6.07) is 22.1. The Labute approximate surface area is 175 Å². The zero-order valence-corrected chi connectivity index (χ0v) is 16.8. The highest BCUT2D eigenvalue weighted by Crippen LogP contribution is 2.33. The van der Waals surface area contributed by atoms with Gasteiger partial charge in [-0.3, -0.25) is 4.79 Å². The van der Waals surface area contributed by atoms with E-state index < -0.39 is 0 Å². The summed E-state index contributed by atoms with van der Waals surface area (Å²) in [5.74, 6) is 0.745. The highest BCUT2D eigenvalue weighted by Gasteiger charge is 2.13. The van der Waals surface area contributed by atoms with Crippen LogP contribution in [0.3, 0.4) is 0 Å². The Hall–Kier alpha value is -3.02. The van der Waals surface area contributed by atoms with E-state index in [0.29, 0.717) is 47.6 Å². The molecule has 0 aliphatic heterocycles. The van der Waals surface area contributed by atoms with Crippen molar-refractivity contribution in [3.63, 3.8) is 0 Å². The average Bonchev–Trinajstić information content (AvgIpc) is 2.75. The van der Waals surface area contributed by atoms with Crippen LogP contribution in [0.15, 0.2) is 72.8 Å². The number of carbonyl (C=O) groups excluding carboxylic acids is 1. The maximum Gasteiger partial charge on any atom is 0.255 e. The summed E-state index contributed by atoms with van der Waals surface area (Å²) in [7, 11) is 1.59. The van der Waals surface area contributed by atoms with Crippen LogP contribution in [0.25, 0.3) is 0 Å². The SMILES string of the molecule is COCCOc1c(Cl)cccc1NC(=O)c1cccc(OCc2ccccc2)c1. The number of halogens is 1. The molecule has 3 rings (SSSR count). The molecule has 0 fully saturated rings. The Morgan fingerprint density at radius 3 is 2.52 bits per heavy atom. The number of ether oxygens (including phenoxy) is 3. The zero-order chi connectivity index (χ0) is 20.5. The Bertz CT molecular complexity index is 947. The Morgan fingerprint density at radius 1 is 0.931 bits per heavy atom. The monoisotopic (exact) mass is 411 g/mol. The number of benzene rings is 3.